The van der Waals surface area contributed by atoms with E-state index in [1.165, 1.54) is 0 Å². The van der Waals surface area contributed by atoms with Crippen LogP contribution < -0.4 is 5.32 Å². The van der Waals surface area contributed by atoms with E-state index in [0.29, 0.717) is 12.8 Å². The minimum absolute atomic E-state index is 0.0840. The number of rotatable bonds is 2. The van der Waals surface area contributed by atoms with Crippen LogP contribution in [0, 0.1) is 0 Å². The largest absolute Gasteiger partial charge is 0.460 e. The first-order chi connectivity index (χ1) is 7.60. The zero-order chi connectivity index (χ0) is 13.3. The second-order valence-electron chi connectivity index (χ2n) is 6.36. The third-order valence-corrected chi connectivity index (χ3v) is 2.83. The van der Waals surface area contributed by atoms with Gasteiger partial charge in [-0.1, -0.05) is 0 Å². The minimum atomic E-state index is -0.924. The second-order valence-corrected chi connectivity index (χ2v) is 6.36. The lowest BCUT2D eigenvalue weighted by atomic mass is 9.82. The SMILES string of the molecule is C[C@@H]1CC(O)(CC(=O)OC(C)(C)C)C[C@H](C)N1. The first-order valence-electron chi connectivity index (χ1n) is 6.30. The van der Waals surface area contributed by atoms with E-state index in [2.05, 4.69) is 5.32 Å². The highest BCUT2D eigenvalue weighted by molar-refractivity contribution is 5.71. The molecule has 0 aliphatic carbocycles. The molecule has 4 nitrogen and oxygen atoms in total. The number of aliphatic hydroxyl groups is 1. The highest BCUT2D eigenvalue weighted by atomic mass is 16.6. The van der Waals surface area contributed by atoms with Gasteiger partial charge in [0, 0.05) is 12.1 Å². The van der Waals surface area contributed by atoms with Crippen LogP contribution in [0.3, 0.4) is 0 Å². The number of esters is 1. The van der Waals surface area contributed by atoms with Gasteiger partial charge in [0.25, 0.3) is 0 Å². The lowest BCUT2D eigenvalue weighted by molar-refractivity contribution is -0.162. The normalized spacial score (nSPS) is 34.5. The monoisotopic (exact) mass is 243 g/mol. The molecular weight excluding hydrogens is 218 g/mol. The number of carbonyl (C=O) groups excluding carboxylic acids is 1. The van der Waals surface area contributed by atoms with Gasteiger partial charge >= 0.3 is 5.97 Å². The Kier molecular flexibility index (Phi) is 4.20. The van der Waals surface area contributed by atoms with Gasteiger partial charge in [-0.05, 0) is 47.5 Å². The molecule has 0 spiro atoms. The van der Waals surface area contributed by atoms with Gasteiger partial charge in [-0.2, -0.15) is 0 Å². The summed E-state index contributed by atoms with van der Waals surface area (Å²) in [6, 6.07) is 0.456. The van der Waals surface area contributed by atoms with Gasteiger partial charge in [-0.15, -0.1) is 0 Å². The predicted octanol–water partition coefficient (Wildman–Crippen LogP) is 1.61. The summed E-state index contributed by atoms with van der Waals surface area (Å²) in [5.41, 5.74) is -1.41. The van der Waals surface area contributed by atoms with Gasteiger partial charge in [0.05, 0.1) is 12.0 Å². The first-order valence-corrected chi connectivity index (χ1v) is 6.30. The number of ether oxygens (including phenoxy) is 1. The molecule has 4 heteroatoms. The molecule has 100 valence electrons. The van der Waals surface area contributed by atoms with E-state index < -0.39 is 11.2 Å². The van der Waals surface area contributed by atoms with Crippen LogP contribution in [0.1, 0.15) is 53.9 Å². The number of carbonyl (C=O) groups is 1. The molecule has 0 aromatic rings. The van der Waals surface area contributed by atoms with Crippen LogP contribution in [0.5, 0.6) is 0 Å². The average Bonchev–Trinajstić information content (AvgIpc) is 1.93. The number of hydrogen-bond donors (Lipinski definition) is 2. The standard InChI is InChI=1S/C13H25NO3/c1-9-6-13(16,7-10(2)14-9)8-11(15)17-12(3,4)5/h9-10,14,16H,6-8H2,1-5H3/t9-,10+,13?. The molecule has 0 amide bonds. The van der Waals surface area contributed by atoms with Crippen molar-refractivity contribution in [3.8, 4) is 0 Å². The number of piperidine rings is 1. The molecule has 0 aromatic carbocycles. The molecular formula is C13H25NO3. The van der Waals surface area contributed by atoms with E-state index in [1.807, 2.05) is 34.6 Å². The van der Waals surface area contributed by atoms with Crippen molar-refractivity contribution in [3.63, 3.8) is 0 Å². The van der Waals surface area contributed by atoms with Crippen LogP contribution in [-0.2, 0) is 9.53 Å². The fraction of sp³-hybridized carbons (Fsp3) is 0.923. The highest BCUT2D eigenvalue weighted by Crippen LogP contribution is 2.29. The number of nitrogens with one attached hydrogen (secondary N) is 1. The van der Waals surface area contributed by atoms with Crippen molar-refractivity contribution in [1.82, 2.24) is 5.32 Å². The topological polar surface area (TPSA) is 58.6 Å². The lowest BCUT2D eigenvalue weighted by Crippen LogP contribution is -2.52. The van der Waals surface area contributed by atoms with Crippen molar-refractivity contribution < 1.29 is 14.6 Å². The quantitative estimate of drug-likeness (QED) is 0.723. The fourth-order valence-electron chi connectivity index (χ4n) is 2.62. The Labute approximate surface area is 104 Å². The van der Waals surface area contributed by atoms with Crippen molar-refractivity contribution in [1.29, 1.82) is 0 Å². The van der Waals surface area contributed by atoms with Crippen molar-refractivity contribution in [2.75, 3.05) is 0 Å². The molecule has 1 aliphatic rings. The molecule has 0 bridgehead atoms. The maximum Gasteiger partial charge on any atom is 0.309 e. The van der Waals surface area contributed by atoms with E-state index in [1.54, 1.807) is 0 Å². The Morgan fingerprint density at radius 3 is 2.24 bits per heavy atom. The van der Waals surface area contributed by atoms with E-state index in [9.17, 15) is 9.90 Å². The molecule has 3 atom stereocenters. The van der Waals surface area contributed by atoms with Crippen molar-refractivity contribution in [3.05, 3.63) is 0 Å². The van der Waals surface area contributed by atoms with E-state index in [-0.39, 0.29) is 24.5 Å². The predicted molar refractivity (Wildman–Crippen MR) is 66.7 cm³/mol. The summed E-state index contributed by atoms with van der Waals surface area (Å²) in [5, 5.41) is 13.8. The first kappa shape index (κ1) is 14.5. The second kappa shape index (κ2) is 4.94. The molecule has 1 saturated heterocycles. The third-order valence-electron chi connectivity index (χ3n) is 2.83. The lowest BCUT2D eigenvalue weighted by Gasteiger charge is -2.39. The molecule has 0 saturated carbocycles. The summed E-state index contributed by atoms with van der Waals surface area (Å²) in [5.74, 6) is -0.318. The summed E-state index contributed by atoms with van der Waals surface area (Å²) in [6.07, 6.45) is 1.27. The molecule has 0 aromatic heterocycles. The fourth-order valence-corrected chi connectivity index (χ4v) is 2.62. The van der Waals surface area contributed by atoms with Gasteiger partial charge in [-0.25, -0.2) is 0 Å². The van der Waals surface area contributed by atoms with Crippen molar-refractivity contribution >= 4 is 5.97 Å². The highest BCUT2D eigenvalue weighted by Gasteiger charge is 2.38. The van der Waals surface area contributed by atoms with Gasteiger partial charge in [0.1, 0.15) is 5.60 Å². The molecule has 1 heterocycles. The van der Waals surface area contributed by atoms with Gasteiger partial charge < -0.3 is 15.2 Å². The Morgan fingerprint density at radius 1 is 1.35 bits per heavy atom. The van der Waals surface area contributed by atoms with Crippen LogP contribution in [0.25, 0.3) is 0 Å². The third kappa shape index (κ3) is 5.04. The Balaban J connectivity index is 2.57. The maximum atomic E-state index is 11.7. The number of hydrogen-bond acceptors (Lipinski definition) is 4. The van der Waals surface area contributed by atoms with Crippen LogP contribution >= 0.6 is 0 Å². The zero-order valence-electron chi connectivity index (χ0n) is 11.5. The maximum absolute atomic E-state index is 11.7. The van der Waals surface area contributed by atoms with Crippen LogP contribution in [0.4, 0.5) is 0 Å². The molecule has 0 radical (unpaired) electrons. The summed E-state index contributed by atoms with van der Waals surface area (Å²) < 4.78 is 5.26. The van der Waals surface area contributed by atoms with E-state index in [0.717, 1.165) is 0 Å². The smallest absolute Gasteiger partial charge is 0.309 e. The average molecular weight is 243 g/mol. The Morgan fingerprint density at radius 2 is 1.82 bits per heavy atom. The summed E-state index contributed by atoms with van der Waals surface area (Å²) in [6.45, 7) is 9.55. The Bertz CT molecular complexity index is 273. The molecule has 2 N–H and O–H groups in total. The zero-order valence-corrected chi connectivity index (χ0v) is 11.5. The molecule has 17 heavy (non-hydrogen) atoms. The molecule has 1 fully saturated rings. The van der Waals surface area contributed by atoms with E-state index >= 15 is 0 Å². The van der Waals surface area contributed by atoms with Gasteiger partial charge in [-0.3, -0.25) is 4.79 Å². The molecule has 1 unspecified atom stereocenters. The van der Waals surface area contributed by atoms with Crippen LogP contribution in [-0.4, -0.2) is 34.4 Å². The molecule has 1 aliphatic heterocycles. The van der Waals surface area contributed by atoms with Crippen molar-refractivity contribution in [2.24, 2.45) is 0 Å². The van der Waals surface area contributed by atoms with Crippen LogP contribution in [0.2, 0.25) is 0 Å². The summed E-state index contributed by atoms with van der Waals surface area (Å²) in [4.78, 5) is 11.7. The minimum Gasteiger partial charge on any atom is -0.460 e. The van der Waals surface area contributed by atoms with E-state index in [4.69, 9.17) is 4.74 Å². The molecule has 1 rings (SSSR count). The van der Waals surface area contributed by atoms with Gasteiger partial charge in [0.2, 0.25) is 0 Å². The summed E-state index contributed by atoms with van der Waals surface area (Å²) >= 11 is 0. The summed E-state index contributed by atoms with van der Waals surface area (Å²) in [7, 11) is 0. The van der Waals surface area contributed by atoms with Gasteiger partial charge in [0.15, 0.2) is 0 Å². The van der Waals surface area contributed by atoms with Crippen LogP contribution in [0.15, 0.2) is 0 Å². The Hall–Kier alpha value is -0.610. The van der Waals surface area contributed by atoms with Crippen molar-refractivity contribution in [2.45, 2.75) is 77.2 Å².